The molecular formula is C11H15N. The second-order valence-corrected chi connectivity index (χ2v) is 2.96. The van der Waals surface area contributed by atoms with Gasteiger partial charge in [0.1, 0.15) is 0 Å². The molecule has 0 aliphatic heterocycles. The molecular weight excluding hydrogens is 146 g/mol. The topological polar surface area (TPSA) is 12.9 Å². The zero-order chi connectivity index (χ0) is 8.81. The van der Waals surface area contributed by atoms with E-state index in [9.17, 15) is 0 Å². The molecule has 1 rings (SSSR count). The largest absolute Gasteiger partial charge is 0.261 e. The first kappa shape index (κ1) is 8.98. The van der Waals surface area contributed by atoms with Gasteiger partial charge in [0.15, 0.2) is 0 Å². The molecule has 0 aliphatic carbocycles. The van der Waals surface area contributed by atoms with E-state index in [0.717, 1.165) is 12.8 Å². The third-order valence-corrected chi connectivity index (χ3v) is 1.99. The molecule has 1 aromatic rings. The first-order valence-corrected chi connectivity index (χ1v) is 4.34. The number of hydrogen-bond acceptors (Lipinski definition) is 1. The number of nitrogens with zero attached hydrogens (tertiary/aromatic N) is 1. The predicted octanol–water partition coefficient (Wildman–Crippen LogP) is 2.98. The Bertz CT molecular complexity index is 249. The van der Waals surface area contributed by atoms with Crippen LogP contribution >= 0.6 is 0 Å². The summed E-state index contributed by atoms with van der Waals surface area (Å²) in [5, 5.41) is 0. The van der Waals surface area contributed by atoms with Crippen molar-refractivity contribution >= 4 is 0 Å². The van der Waals surface area contributed by atoms with Crippen molar-refractivity contribution in [2.75, 3.05) is 0 Å². The summed E-state index contributed by atoms with van der Waals surface area (Å²) >= 11 is 0. The van der Waals surface area contributed by atoms with Crippen LogP contribution in [0, 0.1) is 0 Å². The van der Waals surface area contributed by atoms with Gasteiger partial charge in [0.05, 0.1) is 0 Å². The molecule has 0 saturated carbocycles. The number of hydrogen-bond donors (Lipinski definition) is 0. The predicted molar refractivity (Wildman–Crippen MR) is 52.0 cm³/mol. The molecule has 1 heteroatoms. The molecule has 0 atom stereocenters. The highest BCUT2D eigenvalue weighted by molar-refractivity contribution is 5.06. The second kappa shape index (κ2) is 4.70. The summed E-state index contributed by atoms with van der Waals surface area (Å²) < 4.78 is 0. The summed E-state index contributed by atoms with van der Waals surface area (Å²) in [5.74, 6) is 0. The number of pyridine rings is 1. The lowest BCUT2D eigenvalue weighted by Gasteiger charge is -1.99. The molecule has 1 nitrogen and oxygen atoms in total. The Morgan fingerprint density at radius 1 is 1.50 bits per heavy atom. The highest BCUT2D eigenvalue weighted by Crippen LogP contribution is 2.05. The van der Waals surface area contributed by atoms with Crippen LogP contribution in [0.1, 0.15) is 26.0 Å². The van der Waals surface area contributed by atoms with Crippen LogP contribution < -0.4 is 0 Å². The maximum atomic E-state index is 4.26. The van der Waals surface area contributed by atoms with Crippen molar-refractivity contribution in [1.82, 2.24) is 4.98 Å². The third kappa shape index (κ3) is 2.87. The van der Waals surface area contributed by atoms with E-state index in [2.05, 4.69) is 31.0 Å². The molecule has 0 radical (unpaired) electrons. The van der Waals surface area contributed by atoms with Crippen LogP contribution in [0.4, 0.5) is 0 Å². The van der Waals surface area contributed by atoms with Crippen LogP contribution in [0.15, 0.2) is 36.0 Å². The van der Waals surface area contributed by atoms with Gasteiger partial charge in [0.2, 0.25) is 0 Å². The molecule has 0 bridgehead atoms. The molecule has 1 aromatic heterocycles. The Morgan fingerprint density at radius 3 is 2.92 bits per heavy atom. The molecule has 0 saturated heterocycles. The molecule has 0 spiro atoms. The zero-order valence-corrected chi connectivity index (χ0v) is 7.75. The van der Waals surface area contributed by atoms with E-state index in [4.69, 9.17) is 0 Å². The van der Waals surface area contributed by atoms with E-state index in [1.165, 1.54) is 11.3 Å². The fourth-order valence-electron chi connectivity index (χ4n) is 1.02. The molecule has 0 aromatic carbocycles. The molecule has 0 unspecified atom stereocenters. The van der Waals surface area contributed by atoms with E-state index in [1.807, 2.05) is 18.3 Å². The van der Waals surface area contributed by atoms with Crippen LogP contribution in [-0.2, 0) is 6.42 Å². The van der Waals surface area contributed by atoms with Crippen molar-refractivity contribution in [3.05, 3.63) is 41.7 Å². The molecule has 12 heavy (non-hydrogen) atoms. The van der Waals surface area contributed by atoms with Crippen molar-refractivity contribution in [2.45, 2.75) is 26.7 Å². The van der Waals surface area contributed by atoms with E-state index in [0.29, 0.717) is 0 Å². The molecule has 0 N–H and O–H groups in total. The molecule has 1 heterocycles. The van der Waals surface area contributed by atoms with Gasteiger partial charge >= 0.3 is 0 Å². The normalized spacial score (nSPS) is 11.7. The standard InChI is InChI=1S/C11H15N/c1-3-10(2)7-8-11-6-4-5-9-12-11/h3-6,9H,7-8H2,1-2H3/b10-3+. The SMILES string of the molecule is C/C=C(\C)CCc1ccccn1. The lowest BCUT2D eigenvalue weighted by atomic mass is 10.1. The quantitative estimate of drug-likeness (QED) is 0.621. The van der Waals surface area contributed by atoms with Gasteiger partial charge in [-0.25, -0.2) is 0 Å². The monoisotopic (exact) mass is 161 g/mol. The number of rotatable bonds is 3. The van der Waals surface area contributed by atoms with Crippen molar-refractivity contribution in [2.24, 2.45) is 0 Å². The van der Waals surface area contributed by atoms with Gasteiger partial charge < -0.3 is 0 Å². The van der Waals surface area contributed by atoms with E-state index in [-0.39, 0.29) is 0 Å². The summed E-state index contributed by atoms with van der Waals surface area (Å²) in [7, 11) is 0. The van der Waals surface area contributed by atoms with Gasteiger partial charge in [0, 0.05) is 11.9 Å². The average molecular weight is 161 g/mol. The highest BCUT2D eigenvalue weighted by Gasteiger charge is 1.92. The van der Waals surface area contributed by atoms with Crippen molar-refractivity contribution in [1.29, 1.82) is 0 Å². The van der Waals surface area contributed by atoms with Gasteiger partial charge in [-0.1, -0.05) is 17.7 Å². The van der Waals surface area contributed by atoms with Crippen LogP contribution in [0.2, 0.25) is 0 Å². The van der Waals surface area contributed by atoms with E-state index >= 15 is 0 Å². The maximum absolute atomic E-state index is 4.26. The van der Waals surface area contributed by atoms with Crippen LogP contribution in [0.5, 0.6) is 0 Å². The Hall–Kier alpha value is -1.11. The fraction of sp³-hybridized carbons (Fsp3) is 0.364. The number of allylic oxidation sites excluding steroid dienone is 2. The smallest absolute Gasteiger partial charge is 0.0406 e. The molecule has 0 aliphatic rings. The zero-order valence-electron chi connectivity index (χ0n) is 7.75. The Labute approximate surface area is 74.2 Å². The van der Waals surface area contributed by atoms with E-state index in [1.54, 1.807) is 0 Å². The van der Waals surface area contributed by atoms with Crippen molar-refractivity contribution in [3.63, 3.8) is 0 Å². The van der Waals surface area contributed by atoms with Crippen LogP contribution in [-0.4, -0.2) is 4.98 Å². The molecule has 0 fully saturated rings. The minimum Gasteiger partial charge on any atom is -0.261 e. The summed E-state index contributed by atoms with van der Waals surface area (Å²) in [5.41, 5.74) is 2.61. The number of aromatic nitrogens is 1. The fourth-order valence-corrected chi connectivity index (χ4v) is 1.02. The Balaban J connectivity index is 2.44. The van der Waals surface area contributed by atoms with Gasteiger partial charge in [-0.3, -0.25) is 4.98 Å². The average Bonchev–Trinajstić information content (AvgIpc) is 2.16. The lowest BCUT2D eigenvalue weighted by molar-refractivity contribution is 0.898. The van der Waals surface area contributed by atoms with Crippen molar-refractivity contribution < 1.29 is 0 Å². The third-order valence-electron chi connectivity index (χ3n) is 1.99. The summed E-state index contributed by atoms with van der Waals surface area (Å²) in [6, 6.07) is 6.06. The van der Waals surface area contributed by atoms with Crippen molar-refractivity contribution in [3.8, 4) is 0 Å². The molecule has 64 valence electrons. The molecule has 0 amide bonds. The van der Waals surface area contributed by atoms with Gasteiger partial charge in [-0.05, 0) is 38.8 Å². The van der Waals surface area contributed by atoms with Crippen LogP contribution in [0.3, 0.4) is 0 Å². The first-order chi connectivity index (χ1) is 5.83. The number of aryl methyl sites for hydroxylation is 1. The highest BCUT2D eigenvalue weighted by atomic mass is 14.7. The summed E-state index contributed by atoms with van der Waals surface area (Å²) in [4.78, 5) is 4.26. The maximum Gasteiger partial charge on any atom is 0.0406 e. The second-order valence-electron chi connectivity index (χ2n) is 2.96. The summed E-state index contributed by atoms with van der Waals surface area (Å²) in [6.45, 7) is 4.23. The Kier molecular flexibility index (Phi) is 3.52. The minimum absolute atomic E-state index is 1.05. The first-order valence-electron chi connectivity index (χ1n) is 4.34. The van der Waals surface area contributed by atoms with Gasteiger partial charge in [0.25, 0.3) is 0 Å². The van der Waals surface area contributed by atoms with Gasteiger partial charge in [-0.15, -0.1) is 0 Å². The van der Waals surface area contributed by atoms with E-state index < -0.39 is 0 Å². The lowest BCUT2D eigenvalue weighted by Crippen LogP contribution is -1.89. The van der Waals surface area contributed by atoms with Gasteiger partial charge in [-0.2, -0.15) is 0 Å². The summed E-state index contributed by atoms with van der Waals surface area (Å²) in [6.07, 6.45) is 6.17. The minimum atomic E-state index is 1.05. The van der Waals surface area contributed by atoms with Crippen LogP contribution in [0.25, 0.3) is 0 Å². The Morgan fingerprint density at radius 2 is 2.33 bits per heavy atom.